The molecule has 17 heavy (non-hydrogen) atoms. The molecule has 0 spiro atoms. The van der Waals surface area contributed by atoms with Crippen LogP contribution in [0.2, 0.25) is 0 Å². The van der Waals surface area contributed by atoms with Crippen molar-refractivity contribution in [3.8, 4) is 0 Å². The Morgan fingerprint density at radius 3 is 2.59 bits per heavy atom. The maximum atomic E-state index is 10.5. The fourth-order valence-electron chi connectivity index (χ4n) is 1.82. The van der Waals surface area contributed by atoms with Gasteiger partial charge in [-0.25, -0.2) is 4.79 Å². The van der Waals surface area contributed by atoms with E-state index in [2.05, 4.69) is 29.3 Å². The van der Waals surface area contributed by atoms with E-state index in [1.807, 2.05) is 25.2 Å². The van der Waals surface area contributed by atoms with Crippen LogP contribution in [0.25, 0.3) is 0 Å². The van der Waals surface area contributed by atoms with Crippen molar-refractivity contribution in [3.63, 3.8) is 0 Å². The lowest BCUT2D eigenvalue weighted by Gasteiger charge is -2.27. The Labute approximate surface area is 102 Å². The molecule has 1 aromatic rings. The third-order valence-electron chi connectivity index (χ3n) is 2.86. The van der Waals surface area contributed by atoms with Gasteiger partial charge in [-0.05, 0) is 19.0 Å². The van der Waals surface area contributed by atoms with Crippen molar-refractivity contribution in [1.29, 1.82) is 0 Å². The normalized spacial score (nSPS) is 12.4. The smallest absolute Gasteiger partial charge is 0.404 e. The summed E-state index contributed by atoms with van der Waals surface area (Å²) in [7, 11) is 2.02. The van der Waals surface area contributed by atoms with Crippen LogP contribution in [0.15, 0.2) is 30.3 Å². The lowest BCUT2D eigenvalue weighted by Crippen LogP contribution is -2.40. The van der Waals surface area contributed by atoms with E-state index in [0.29, 0.717) is 6.54 Å². The van der Waals surface area contributed by atoms with Crippen molar-refractivity contribution in [2.45, 2.75) is 25.9 Å². The molecule has 0 saturated heterocycles. The van der Waals surface area contributed by atoms with Crippen LogP contribution in [0.1, 0.15) is 18.9 Å². The molecule has 1 aromatic carbocycles. The van der Waals surface area contributed by atoms with Crippen molar-refractivity contribution in [3.05, 3.63) is 35.9 Å². The van der Waals surface area contributed by atoms with Gasteiger partial charge in [0.05, 0.1) is 0 Å². The highest BCUT2D eigenvalue weighted by atomic mass is 16.4. The molecule has 4 nitrogen and oxygen atoms in total. The number of nitrogens with one attached hydrogen (secondary N) is 1. The van der Waals surface area contributed by atoms with Gasteiger partial charge in [0.15, 0.2) is 0 Å². The number of rotatable bonds is 6. The number of hydrogen-bond donors (Lipinski definition) is 2. The molecule has 0 saturated carbocycles. The summed E-state index contributed by atoms with van der Waals surface area (Å²) in [5.41, 5.74) is 1.24. The highest BCUT2D eigenvalue weighted by molar-refractivity contribution is 5.64. The summed E-state index contributed by atoms with van der Waals surface area (Å²) >= 11 is 0. The third kappa shape index (κ3) is 4.87. The molecule has 1 amide bonds. The molecule has 0 aliphatic heterocycles. The molecule has 0 aliphatic rings. The van der Waals surface area contributed by atoms with Crippen molar-refractivity contribution < 1.29 is 9.90 Å². The van der Waals surface area contributed by atoms with E-state index in [9.17, 15) is 4.79 Å². The quantitative estimate of drug-likeness (QED) is 0.796. The zero-order chi connectivity index (χ0) is 12.7. The summed E-state index contributed by atoms with van der Waals surface area (Å²) in [6.07, 6.45) is -0.0413. The van der Waals surface area contributed by atoms with E-state index < -0.39 is 6.09 Å². The van der Waals surface area contributed by atoms with Crippen LogP contribution < -0.4 is 5.32 Å². The lowest BCUT2D eigenvalue weighted by atomic mass is 10.1. The molecule has 0 aliphatic carbocycles. The Morgan fingerprint density at radius 1 is 1.41 bits per heavy atom. The average Bonchev–Trinajstić information content (AvgIpc) is 2.30. The first-order valence-electron chi connectivity index (χ1n) is 5.84. The summed E-state index contributed by atoms with van der Waals surface area (Å²) in [6, 6.07) is 10.4. The SMILES string of the molecule is CCC(CNC(=O)O)N(C)Cc1ccccc1. The van der Waals surface area contributed by atoms with Gasteiger partial charge in [0.2, 0.25) is 0 Å². The first kappa shape index (κ1) is 13.5. The van der Waals surface area contributed by atoms with Gasteiger partial charge in [-0.15, -0.1) is 0 Å². The summed E-state index contributed by atoms with van der Waals surface area (Å²) in [5, 5.41) is 11.0. The molecule has 1 atom stereocenters. The van der Waals surface area contributed by atoms with Gasteiger partial charge in [0, 0.05) is 19.1 Å². The summed E-state index contributed by atoms with van der Waals surface area (Å²) < 4.78 is 0. The maximum absolute atomic E-state index is 10.5. The minimum Gasteiger partial charge on any atom is -0.465 e. The second kappa shape index (κ2) is 6.91. The molecule has 0 heterocycles. The minimum absolute atomic E-state index is 0.228. The molecular formula is C13H20N2O2. The van der Waals surface area contributed by atoms with E-state index in [0.717, 1.165) is 13.0 Å². The van der Waals surface area contributed by atoms with Crippen LogP contribution in [0.3, 0.4) is 0 Å². The summed E-state index contributed by atoms with van der Waals surface area (Å²) in [5.74, 6) is 0. The second-order valence-corrected chi connectivity index (χ2v) is 4.15. The number of carboxylic acid groups (broad SMARTS) is 1. The van der Waals surface area contributed by atoms with Crippen LogP contribution in [-0.2, 0) is 6.54 Å². The van der Waals surface area contributed by atoms with Crippen LogP contribution in [0.4, 0.5) is 4.79 Å². The number of benzene rings is 1. The fourth-order valence-corrected chi connectivity index (χ4v) is 1.82. The predicted octanol–water partition coefficient (Wildman–Crippen LogP) is 2.16. The molecule has 0 bridgehead atoms. The van der Waals surface area contributed by atoms with Crippen molar-refractivity contribution >= 4 is 6.09 Å². The molecule has 1 unspecified atom stereocenters. The zero-order valence-electron chi connectivity index (χ0n) is 10.4. The topological polar surface area (TPSA) is 52.6 Å². The van der Waals surface area contributed by atoms with E-state index >= 15 is 0 Å². The molecule has 1 rings (SSSR count). The Kier molecular flexibility index (Phi) is 5.49. The van der Waals surface area contributed by atoms with Gasteiger partial charge in [-0.2, -0.15) is 0 Å². The molecule has 0 radical (unpaired) electrons. The molecular weight excluding hydrogens is 216 g/mol. The average molecular weight is 236 g/mol. The van der Waals surface area contributed by atoms with Gasteiger partial charge in [-0.3, -0.25) is 4.90 Å². The van der Waals surface area contributed by atoms with Crippen LogP contribution >= 0.6 is 0 Å². The van der Waals surface area contributed by atoms with Gasteiger partial charge in [0.25, 0.3) is 0 Å². The van der Waals surface area contributed by atoms with Crippen LogP contribution in [-0.4, -0.2) is 35.7 Å². The van der Waals surface area contributed by atoms with E-state index in [1.54, 1.807) is 0 Å². The van der Waals surface area contributed by atoms with E-state index in [1.165, 1.54) is 5.56 Å². The largest absolute Gasteiger partial charge is 0.465 e. The first-order chi connectivity index (χ1) is 8.13. The zero-order valence-corrected chi connectivity index (χ0v) is 10.4. The summed E-state index contributed by atoms with van der Waals surface area (Å²) in [6.45, 7) is 3.37. The van der Waals surface area contributed by atoms with Gasteiger partial charge < -0.3 is 10.4 Å². The maximum Gasteiger partial charge on any atom is 0.404 e. The van der Waals surface area contributed by atoms with Gasteiger partial charge in [0.1, 0.15) is 0 Å². The first-order valence-corrected chi connectivity index (χ1v) is 5.84. The second-order valence-electron chi connectivity index (χ2n) is 4.15. The Balaban J connectivity index is 2.48. The number of hydrogen-bond acceptors (Lipinski definition) is 2. The highest BCUT2D eigenvalue weighted by Gasteiger charge is 2.13. The number of amides is 1. The number of nitrogens with zero attached hydrogens (tertiary/aromatic N) is 1. The van der Waals surface area contributed by atoms with Crippen LogP contribution in [0.5, 0.6) is 0 Å². The molecule has 4 heteroatoms. The van der Waals surface area contributed by atoms with Gasteiger partial charge >= 0.3 is 6.09 Å². The van der Waals surface area contributed by atoms with Crippen molar-refractivity contribution in [2.75, 3.05) is 13.6 Å². The minimum atomic E-state index is -0.962. The highest BCUT2D eigenvalue weighted by Crippen LogP contribution is 2.07. The fraction of sp³-hybridized carbons (Fsp3) is 0.462. The van der Waals surface area contributed by atoms with Crippen molar-refractivity contribution in [2.24, 2.45) is 0 Å². The Morgan fingerprint density at radius 2 is 2.06 bits per heavy atom. The monoisotopic (exact) mass is 236 g/mol. The standard InChI is InChI=1S/C13H20N2O2/c1-3-12(9-14-13(16)17)15(2)10-11-7-5-4-6-8-11/h4-8,12,14H,3,9-10H2,1-2H3,(H,16,17). The summed E-state index contributed by atoms with van der Waals surface area (Å²) in [4.78, 5) is 12.6. The molecule has 94 valence electrons. The third-order valence-corrected chi connectivity index (χ3v) is 2.86. The lowest BCUT2D eigenvalue weighted by molar-refractivity contribution is 0.181. The Hall–Kier alpha value is -1.55. The van der Waals surface area contributed by atoms with Gasteiger partial charge in [-0.1, -0.05) is 37.3 Å². The Bertz CT molecular complexity index is 341. The molecule has 0 aromatic heterocycles. The van der Waals surface area contributed by atoms with Crippen molar-refractivity contribution in [1.82, 2.24) is 10.2 Å². The number of carbonyl (C=O) groups is 1. The van der Waals surface area contributed by atoms with E-state index in [-0.39, 0.29) is 6.04 Å². The molecule has 2 N–H and O–H groups in total. The predicted molar refractivity (Wildman–Crippen MR) is 68.0 cm³/mol. The molecule has 0 fully saturated rings. The van der Waals surface area contributed by atoms with E-state index in [4.69, 9.17) is 5.11 Å². The number of likely N-dealkylation sites (N-methyl/N-ethyl adjacent to an activating group) is 1. The van der Waals surface area contributed by atoms with Crippen LogP contribution in [0, 0.1) is 0 Å².